The van der Waals surface area contributed by atoms with Gasteiger partial charge in [-0.1, -0.05) is 12.1 Å². The number of H-pyrrole nitrogens is 1. The average molecular weight is 328 g/mol. The second-order valence-corrected chi connectivity index (χ2v) is 5.80. The first-order valence-corrected chi connectivity index (χ1v) is 8.00. The van der Waals surface area contributed by atoms with E-state index >= 15 is 0 Å². The standard InChI is InChI=1S/C18H24N4O2/c1-4-22(12-11-21(2)3)16-8-6-5-7-15(16)20-18(24)14-9-10-17(23)19-13-14/h5-10,13H,4,11-12H2,1-3H3,(H,19,23)(H,20,24). The maximum Gasteiger partial charge on any atom is 0.257 e. The molecule has 1 amide bonds. The predicted octanol–water partition coefficient (Wildman–Crippen LogP) is 2.02. The molecule has 6 nitrogen and oxygen atoms in total. The van der Waals surface area contributed by atoms with Gasteiger partial charge in [0.25, 0.3) is 5.91 Å². The van der Waals surface area contributed by atoms with Gasteiger partial charge in [-0.15, -0.1) is 0 Å². The Kier molecular flexibility index (Phi) is 6.14. The molecular formula is C18H24N4O2. The predicted molar refractivity (Wildman–Crippen MR) is 97.9 cm³/mol. The zero-order valence-corrected chi connectivity index (χ0v) is 14.4. The van der Waals surface area contributed by atoms with E-state index < -0.39 is 0 Å². The number of likely N-dealkylation sites (N-methyl/N-ethyl adjacent to an activating group) is 2. The number of benzene rings is 1. The van der Waals surface area contributed by atoms with Crippen molar-refractivity contribution in [3.8, 4) is 0 Å². The maximum atomic E-state index is 12.4. The molecule has 1 heterocycles. The maximum absolute atomic E-state index is 12.4. The third-order valence-electron chi connectivity index (χ3n) is 3.74. The number of amides is 1. The van der Waals surface area contributed by atoms with Crippen molar-refractivity contribution < 1.29 is 4.79 Å². The quantitative estimate of drug-likeness (QED) is 0.816. The van der Waals surface area contributed by atoms with E-state index in [4.69, 9.17) is 0 Å². The molecule has 0 aliphatic carbocycles. The fraction of sp³-hybridized carbons (Fsp3) is 0.333. The number of carbonyl (C=O) groups excluding carboxylic acids is 1. The van der Waals surface area contributed by atoms with Gasteiger partial charge in [-0.3, -0.25) is 9.59 Å². The molecule has 0 aliphatic heterocycles. The van der Waals surface area contributed by atoms with E-state index in [-0.39, 0.29) is 11.5 Å². The lowest BCUT2D eigenvalue weighted by molar-refractivity contribution is 0.102. The van der Waals surface area contributed by atoms with Crippen LogP contribution in [-0.4, -0.2) is 49.5 Å². The molecule has 0 radical (unpaired) electrons. The number of para-hydroxylation sites is 2. The van der Waals surface area contributed by atoms with Crippen molar-refractivity contribution in [3.05, 3.63) is 58.5 Å². The third-order valence-corrected chi connectivity index (χ3v) is 3.74. The molecule has 1 aromatic heterocycles. The molecule has 0 atom stereocenters. The minimum absolute atomic E-state index is 0.229. The Balaban J connectivity index is 2.19. The Morgan fingerprint density at radius 1 is 1.12 bits per heavy atom. The molecule has 2 N–H and O–H groups in total. The fourth-order valence-corrected chi connectivity index (χ4v) is 2.37. The number of nitrogens with zero attached hydrogens (tertiary/aromatic N) is 2. The Morgan fingerprint density at radius 3 is 2.50 bits per heavy atom. The lowest BCUT2D eigenvalue weighted by Gasteiger charge is -2.27. The molecule has 1 aromatic carbocycles. The first-order valence-electron chi connectivity index (χ1n) is 8.00. The monoisotopic (exact) mass is 328 g/mol. The molecule has 0 spiro atoms. The highest BCUT2D eigenvalue weighted by molar-refractivity contribution is 6.05. The average Bonchev–Trinajstić information content (AvgIpc) is 2.57. The van der Waals surface area contributed by atoms with Crippen LogP contribution in [0.5, 0.6) is 0 Å². The van der Waals surface area contributed by atoms with Crippen LogP contribution in [0.25, 0.3) is 0 Å². The van der Waals surface area contributed by atoms with E-state index in [0.717, 1.165) is 31.0 Å². The van der Waals surface area contributed by atoms with Crippen molar-refractivity contribution in [2.75, 3.05) is 43.9 Å². The zero-order chi connectivity index (χ0) is 17.5. The van der Waals surface area contributed by atoms with Crippen LogP contribution < -0.4 is 15.8 Å². The van der Waals surface area contributed by atoms with E-state index in [2.05, 4.69) is 27.0 Å². The lowest BCUT2D eigenvalue weighted by atomic mass is 10.2. The van der Waals surface area contributed by atoms with Crippen LogP contribution in [0.2, 0.25) is 0 Å². The number of rotatable bonds is 7. The number of carbonyl (C=O) groups is 1. The summed E-state index contributed by atoms with van der Waals surface area (Å²) in [5.74, 6) is -0.248. The van der Waals surface area contributed by atoms with Gasteiger partial charge in [0.2, 0.25) is 5.56 Å². The van der Waals surface area contributed by atoms with Crippen LogP contribution in [0.15, 0.2) is 47.4 Å². The van der Waals surface area contributed by atoms with Crippen molar-refractivity contribution in [2.45, 2.75) is 6.92 Å². The number of nitrogens with one attached hydrogen (secondary N) is 2. The van der Waals surface area contributed by atoms with Crippen LogP contribution in [0.1, 0.15) is 17.3 Å². The van der Waals surface area contributed by atoms with Gasteiger partial charge < -0.3 is 20.1 Å². The Bertz CT molecular complexity index is 719. The number of hydrogen-bond acceptors (Lipinski definition) is 4. The van der Waals surface area contributed by atoms with Gasteiger partial charge in [-0.05, 0) is 39.2 Å². The van der Waals surface area contributed by atoms with Crippen molar-refractivity contribution >= 4 is 17.3 Å². The fourth-order valence-electron chi connectivity index (χ4n) is 2.37. The molecule has 0 fully saturated rings. The minimum atomic E-state index is -0.248. The Labute approximate surface area is 142 Å². The van der Waals surface area contributed by atoms with Gasteiger partial charge in [0.15, 0.2) is 0 Å². The highest BCUT2D eigenvalue weighted by Crippen LogP contribution is 2.25. The van der Waals surface area contributed by atoms with E-state index in [1.54, 1.807) is 0 Å². The van der Waals surface area contributed by atoms with Crippen molar-refractivity contribution in [1.29, 1.82) is 0 Å². The summed E-state index contributed by atoms with van der Waals surface area (Å²) < 4.78 is 0. The molecule has 0 saturated carbocycles. The second-order valence-electron chi connectivity index (χ2n) is 5.80. The summed E-state index contributed by atoms with van der Waals surface area (Å²) in [5.41, 5.74) is 1.93. The molecule has 6 heteroatoms. The minimum Gasteiger partial charge on any atom is -0.369 e. The third kappa shape index (κ3) is 4.70. The van der Waals surface area contributed by atoms with E-state index in [1.807, 2.05) is 38.4 Å². The summed E-state index contributed by atoms with van der Waals surface area (Å²) in [6.07, 6.45) is 1.42. The summed E-state index contributed by atoms with van der Waals surface area (Å²) in [4.78, 5) is 30.4. The van der Waals surface area contributed by atoms with E-state index in [0.29, 0.717) is 5.56 Å². The molecule has 128 valence electrons. The number of anilines is 2. The summed E-state index contributed by atoms with van der Waals surface area (Å²) in [5, 5.41) is 2.93. The van der Waals surface area contributed by atoms with Crippen LogP contribution in [0, 0.1) is 0 Å². The molecule has 2 rings (SSSR count). The van der Waals surface area contributed by atoms with Crippen molar-refractivity contribution in [3.63, 3.8) is 0 Å². The SMILES string of the molecule is CCN(CCN(C)C)c1ccccc1NC(=O)c1ccc(=O)[nH]c1. The van der Waals surface area contributed by atoms with Crippen LogP contribution in [-0.2, 0) is 0 Å². The van der Waals surface area contributed by atoms with Gasteiger partial charge in [-0.25, -0.2) is 0 Å². The van der Waals surface area contributed by atoms with E-state index in [1.165, 1.54) is 18.3 Å². The largest absolute Gasteiger partial charge is 0.369 e. The first-order chi connectivity index (χ1) is 11.5. The summed E-state index contributed by atoms with van der Waals surface area (Å²) >= 11 is 0. The molecule has 0 unspecified atom stereocenters. The Hall–Kier alpha value is -2.60. The normalized spacial score (nSPS) is 10.7. The molecule has 0 aliphatic rings. The highest BCUT2D eigenvalue weighted by Gasteiger charge is 2.13. The van der Waals surface area contributed by atoms with E-state index in [9.17, 15) is 9.59 Å². The molecule has 2 aromatic rings. The molecule has 0 bridgehead atoms. The summed E-state index contributed by atoms with van der Waals surface area (Å²) in [6, 6.07) is 10.6. The first kappa shape index (κ1) is 17.7. The van der Waals surface area contributed by atoms with Crippen LogP contribution in [0.4, 0.5) is 11.4 Å². The smallest absolute Gasteiger partial charge is 0.257 e. The molecular weight excluding hydrogens is 304 g/mol. The second kappa shape index (κ2) is 8.31. The van der Waals surface area contributed by atoms with Gasteiger partial charge in [-0.2, -0.15) is 0 Å². The number of hydrogen-bond donors (Lipinski definition) is 2. The van der Waals surface area contributed by atoms with Crippen LogP contribution >= 0.6 is 0 Å². The van der Waals surface area contributed by atoms with Gasteiger partial charge >= 0.3 is 0 Å². The summed E-state index contributed by atoms with van der Waals surface area (Å²) in [7, 11) is 4.08. The van der Waals surface area contributed by atoms with Crippen molar-refractivity contribution in [2.24, 2.45) is 0 Å². The van der Waals surface area contributed by atoms with Gasteiger partial charge in [0, 0.05) is 31.9 Å². The number of aromatic amines is 1. The summed E-state index contributed by atoms with van der Waals surface area (Å²) in [6.45, 7) is 4.74. The van der Waals surface area contributed by atoms with Crippen molar-refractivity contribution in [1.82, 2.24) is 9.88 Å². The van der Waals surface area contributed by atoms with Gasteiger partial charge in [0.05, 0.1) is 16.9 Å². The highest BCUT2D eigenvalue weighted by atomic mass is 16.1. The molecule has 24 heavy (non-hydrogen) atoms. The topological polar surface area (TPSA) is 68.4 Å². The number of aromatic nitrogens is 1. The zero-order valence-electron chi connectivity index (χ0n) is 14.4. The lowest BCUT2D eigenvalue weighted by Crippen LogP contribution is -2.32. The Morgan fingerprint density at radius 2 is 1.88 bits per heavy atom. The molecule has 0 saturated heterocycles. The number of pyridine rings is 1. The van der Waals surface area contributed by atoms with Gasteiger partial charge in [0.1, 0.15) is 0 Å². The van der Waals surface area contributed by atoms with Crippen LogP contribution in [0.3, 0.4) is 0 Å².